The molecular weight excluding hydrogens is 356 g/mol. The number of amides is 1. The lowest BCUT2D eigenvalue weighted by molar-refractivity contribution is -0.118. The summed E-state index contributed by atoms with van der Waals surface area (Å²) in [5.74, 6) is 0.233. The first-order valence-corrected chi connectivity index (χ1v) is 8.98. The Kier molecular flexibility index (Phi) is 5.89. The fourth-order valence-corrected chi connectivity index (χ4v) is 3.26. The summed E-state index contributed by atoms with van der Waals surface area (Å²) in [6.45, 7) is 1.88. The van der Waals surface area contributed by atoms with E-state index in [4.69, 9.17) is 28.6 Å². The van der Waals surface area contributed by atoms with Crippen LogP contribution < -0.4 is 10.1 Å². The number of likely N-dealkylation sites (tertiary alicyclic amines) is 1. The lowest BCUT2D eigenvalue weighted by Gasteiger charge is -2.19. The van der Waals surface area contributed by atoms with Crippen LogP contribution >= 0.6 is 23.8 Å². The van der Waals surface area contributed by atoms with E-state index in [0.717, 1.165) is 29.3 Å². The minimum Gasteiger partial charge on any atom is -0.482 e. The molecule has 6 heteroatoms. The number of rotatable bonds is 5. The van der Waals surface area contributed by atoms with E-state index >= 15 is 0 Å². The molecule has 1 fully saturated rings. The quantitative estimate of drug-likeness (QED) is 0.799. The summed E-state index contributed by atoms with van der Waals surface area (Å²) in [5.41, 5.74) is 1.64. The SMILES string of the molecule is O=C(COc1ccc(C(=S)N2CCCC2)cc1Cl)Nc1ccccc1. The maximum absolute atomic E-state index is 11.9. The zero-order chi connectivity index (χ0) is 17.6. The summed E-state index contributed by atoms with van der Waals surface area (Å²) >= 11 is 11.8. The van der Waals surface area contributed by atoms with Gasteiger partial charge in [-0.15, -0.1) is 0 Å². The van der Waals surface area contributed by atoms with Crippen LogP contribution in [0.4, 0.5) is 5.69 Å². The predicted octanol–water partition coefficient (Wildman–Crippen LogP) is 4.13. The molecule has 2 aromatic rings. The Labute approximate surface area is 157 Å². The highest BCUT2D eigenvalue weighted by Crippen LogP contribution is 2.27. The number of carbonyl (C=O) groups excluding carboxylic acids is 1. The molecule has 0 atom stereocenters. The third-order valence-corrected chi connectivity index (χ3v) is 4.78. The van der Waals surface area contributed by atoms with Gasteiger partial charge in [0.2, 0.25) is 0 Å². The number of nitrogens with one attached hydrogen (secondary N) is 1. The van der Waals surface area contributed by atoms with Gasteiger partial charge in [-0.1, -0.05) is 42.0 Å². The second kappa shape index (κ2) is 8.32. The average molecular weight is 375 g/mol. The summed E-state index contributed by atoms with van der Waals surface area (Å²) in [5, 5.41) is 3.21. The molecule has 0 aromatic heterocycles. The van der Waals surface area contributed by atoms with Crippen LogP contribution in [0.15, 0.2) is 48.5 Å². The number of ether oxygens (including phenoxy) is 1. The second-order valence-electron chi connectivity index (χ2n) is 5.85. The first-order chi connectivity index (χ1) is 12.1. The third-order valence-electron chi connectivity index (χ3n) is 3.99. The van der Waals surface area contributed by atoms with Gasteiger partial charge in [-0.25, -0.2) is 0 Å². The highest BCUT2D eigenvalue weighted by atomic mass is 35.5. The van der Waals surface area contributed by atoms with Gasteiger partial charge in [-0.2, -0.15) is 0 Å². The average Bonchev–Trinajstić information content (AvgIpc) is 3.15. The van der Waals surface area contributed by atoms with Crippen LogP contribution in [0.3, 0.4) is 0 Å². The van der Waals surface area contributed by atoms with E-state index in [9.17, 15) is 4.79 Å². The van der Waals surface area contributed by atoms with E-state index in [1.54, 1.807) is 12.1 Å². The number of benzene rings is 2. The predicted molar refractivity (Wildman–Crippen MR) is 105 cm³/mol. The minimum absolute atomic E-state index is 0.107. The summed E-state index contributed by atoms with van der Waals surface area (Å²) < 4.78 is 5.53. The van der Waals surface area contributed by atoms with E-state index in [1.807, 2.05) is 36.4 Å². The van der Waals surface area contributed by atoms with E-state index in [2.05, 4.69) is 10.2 Å². The topological polar surface area (TPSA) is 41.6 Å². The van der Waals surface area contributed by atoms with Crippen molar-refractivity contribution in [2.45, 2.75) is 12.8 Å². The van der Waals surface area contributed by atoms with Crippen LogP contribution in [0.5, 0.6) is 5.75 Å². The van der Waals surface area contributed by atoms with Gasteiger partial charge < -0.3 is 15.0 Å². The number of nitrogens with zero attached hydrogens (tertiary/aromatic N) is 1. The number of para-hydroxylation sites is 1. The molecule has 1 N–H and O–H groups in total. The smallest absolute Gasteiger partial charge is 0.262 e. The van der Waals surface area contributed by atoms with Crippen molar-refractivity contribution in [2.75, 3.05) is 25.0 Å². The lowest BCUT2D eigenvalue weighted by atomic mass is 10.2. The van der Waals surface area contributed by atoms with E-state index in [1.165, 1.54) is 12.8 Å². The molecule has 1 amide bonds. The molecule has 0 aliphatic carbocycles. The van der Waals surface area contributed by atoms with Crippen molar-refractivity contribution in [3.05, 3.63) is 59.1 Å². The molecule has 0 spiro atoms. The van der Waals surface area contributed by atoms with Gasteiger partial charge in [0.15, 0.2) is 6.61 Å². The van der Waals surface area contributed by atoms with Gasteiger partial charge in [0.25, 0.3) is 5.91 Å². The van der Waals surface area contributed by atoms with Crippen LogP contribution in [-0.2, 0) is 4.79 Å². The maximum Gasteiger partial charge on any atom is 0.262 e. The highest BCUT2D eigenvalue weighted by molar-refractivity contribution is 7.80. The molecule has 130 valence electrons. The monoisotopic (exact) mass is 374 g/mol. The minimum atomic E-state index is -0.237. The standard InChI is InChI=1S/C19H19ClN2O2S/c20-16-12-14(19(25)22-10-4-5-11-22)8-9-17(16)24-13-18(23)21-15-6-2-1-3-7-15/h1-3,6-9,12H,4-5,10-11,13H2,(H,21,23). The molecule has 4 nitrogen and oxygen atoms in total. The van der Waals surface area contributed by atoms with Crippen molar-refractivity contribution in [3.8, 4) is 5.75 Å². The Hall–Kier alpha value is -2.11. The highest BCUT2D eigenvalue weighted by Gasteiger charge is 2.17. The number of thiocarbonyl (C=S) groups is 1. The fourth-order valence-electron chi connectivity index (χ4n) is 2.72. The van der Waals surface area contributed by atoms with Crippen LogP contribution in [0, 0.1) is 0 Å². The summed E-state index contributed by atoms with van der Waals surface area (Å²) in [4.78, 5) is 14.9. The van der Waals surface area contributed by atoms with Crippen LogP contribution in [0.1, 0.15) is 18.4 Å². The fraction of sp³-hybridized carbons (Fsp3) is 0.263. The molecule has 0 unspecified atom stereocenters. The molecule has 3 rings (SSSR count). The Morgan fingerprint density at radius 3 is 2.56 bits per heavy atom. The van der Waals surface area contributed by atoms with Crippen molar-refractivity contribution >= 4 is 40.4 Å². The van der Waals surface area contributed by atoms with Gasteiger partial charge in [-0.05, 0) is 43.2 Å². The van der Waals surface area contributed by atoms with Crippen molar-refractivity contribution < 1.29 is 9.53 Å². The Balaban J connectivity index is 1.57. The Morgan fingerprint density at radius 2 is 1.88 bits per heavy atom. The molecular formula is C19H19ClN2O2S. The molecule has 25 heavy (non-hydrogen) atoms. The maximum atomic E-state index is 11.9. The molecule has 0 radical (unpaired) electrons. The van der Waals surface area contributed by atoms with E-state index in [-0.39, 0.29) is 12.5 Å². The first-order valence-electron chi connectivity index (χ1n) is 8.20. The van der Waals surface area contributed by atoms with Crippen LogP contribution in [0.25, 0.3) is 0 Å². The normalized spacial score (nSPS) is 13.6. The lowest BCUT2D eigenvalue weighted by Crippen LogP contribution is -2.26. The van der Waals surface area contributed by atoms with Gasteiger partial charge in [0, 0.05) is 24.3 Å². The van der Waals surface area contributed by atoms with Gasteiger partial charge in [0.1, 0.15) is 10.7 Å². The Morgan fingerprint density at radius 1 is 1.16 bits per heavy atom. The van der Waals surface area contributed by atoms with Crippen LogP contribution in [0.2, 0.25) is 5.02 Å². The summed E-state index contributed by atoms with van der Waals surface area (Å²) in [6.07, 6.45) is 2.34. The van der Waals surface area contributed by atoms with E-state index in [0.29, 0.717) is 10.8 Å². The molecule has 1 aliphatic heterocycles. The summed E-state index contributed by atoms with van der Waals surface area (Å²) in [6, 6.07) is 14.7. The number of hydrogen-bond acceptors (Lipinski definition) is 3. The zero-order valence-electron chi connectivity index (χ0n) is 13.7. The first kappa shape index (κ1) is 17.7. The third kappa shape index (κ3) is 4.71. The molecule has 1 aliphatic rings. The second-order valence-corrected chi connectivity index (χ2v) is 6.64. The van der Waals surface area contributed by atoms with Crippen LogP contribution in [-0.4, -0.2) is 35.5 Å². The van der Waals surface area contributed by atoms with Crippen molar-refractivity contribution in [1.29, 1.82) is 0 Å². The molecule has 1 saturated heterocycles. The van der Waals surface area contributed by atoms with Crippen molar-refractivity contribution in [2.24, 2.45) is 0 Å². The molecule has 2 aromatic carbocycles. The van der Waals surface area contributed by atoms with Crippen molar-refractivity contribution in [3.63, 3.8) is 0 Å². The van der Waals surface area contributed by atoms with Gasteiger partial charge >= 0.3 is 0 Å². The molecule has 0 bridgehead atoms. The largest absolute Gasteiger partial charge is 0.482 e. The Bertz CT molecular complexity index is 761. The van der Waals surface area contributed by atoms with Gasteiger partial charge in [0.05, 0.1) is 5.02 Å². The number of hydrogen-bond donors (Lipinski definition) is 1. The van der Waals surface area contributed by atoms with Gasteiger partial charge in [-0.3, -0.25) is 4.79 Å². The molecule has 1 heterocycles. The van der Waals surface area contributed by atoms with E-state index < -0.39 is 0 Å². The number of carbonyl (C=O) groups is 1. The zero-order valence-corrected chi connectivity index (χ0v) is 15.3. The van der Waals surface area contributed by atoms with Crippen molar-refractivity contribution in [1.82, 2.24) is 4.90 Å². The number of anilines is 1. The summed E-state index contributed by atoms with van der Waals surface area (Å²) in [7, 11) is 0. The molecule has 0 saturated carbocycles. The number of halogens is 1.